The highest BCUT2D eigenvalue weighted by Gasteiger charge is 2.43. The predicted molar refractivity (Wildman–Crippen MR) is 314 cm³/mol. The van der Waals surface area contributed by atoms with E-state index in [9.17, 15) is 24.3 Å². The molecule has 422 valence electrons. The molecular formula is C59H93N2O10PS3. The Kier molecular flexibility index (Phi) is 33.0. The number of nitrogens with zero attached hydrogens (tertiary/aromatic N) is 2. The summed E-state index contributed by atoms with van der Waals surface area (Å²) in [5.74, 6) is -0.930. The van der Waals surface area contributed by atoms with Crippen LogP contribution in [-0.2, 0) is 33.3 Å². The van der Waals surface area contributed by atoms with Crippen molar-refractivity contribution in [2.45, 2.75) is 197 Å². The van der Waals surface area contributed by atoms with Crippen LogP contribution in [0.1, 0.15) is 143 Å². The van der Waals surface area contributed by atoms with Crippen LogP contribution in [0, 0.1) is 20.8 Å². The first-order valence-corrected chi connectivity index (χ1v) is 31.8. The van der Waals surface area contributed by atoms with Crippen LogP contribution >= 0.6 is 41.3 Å². The quantitative estimate of drug-likeness (QED) is 0.0630. The lowest BCUT2D eigenvalue weighted by Gasteiger charge is -2.27. The van der Waals surface area contributed by atoms with Crippen LogP contribution in [0.25, 0.3) is 0 Å². The molecule has 6 rings (SSSR count). The Bertz CT molecular complexity index is 1990. The van der Waals surface area contributed by atoms with Crippen molar-refractivity contribution in [3.8, 4) is 0 Å². The van der Waals surface area contributed by atoms with Crippen molar-refractivity contribution in [2.24, 2.45) is 0 Å². The number of β-amino-alcohol motifs (C(OH)–C–C–N with tert-alkyl or cyclic N) is 1. The molecule has 3 aromatic rings. The molecule has 3 saturated heterocycles. The topological polar surface area (TPSA) is 141 Å². The van der Waals surface area contributed by atoms with Gasteiger partial charge in [-0.3, -0.25) is 9.80 Å². The molecule has 3 aliphatic rings. The molecule has 12 nitrogen and oxygen atoms in total. The van der Waals surface area contributed by atoms with E-state index >= 15 is 0 Å². The second kappa shape index (κ2) is 36.6. The van der Waals surface area contributed by atoms with Crippen molar-refractivity contribution in [3.63, 3.8) is 0 Å². The number of unbranched alkanes of at least 4 members (excludes halogenated alkanes) is 3. The summed E-state index contributed by atoms with van der Waals surface area (Å²) in [7, 11) is 6.62. The Hall–Kier alpha value is -3.46. The highest BCUT2D eigenvalue weighted by Crippen LogP contribution is 2.39. The monoisotopic (exact) mass is 1120 g/mol. The van der Waals surface area contributed by atoms with Gasteiger partial charge in [-0.2, -0.15) is 0 Å². The van der Waals surface area contributed by atoms with Crippen LogP contribution in [0.4, 0.5) is 9.59 Å². The van der Waals surface area contributed by atoms with Crippen molar-refractivity contribution >= 4 is 65.4 Å². The molecule has 3 fully saturated rings. The molecule has 1 N–H and O–H groups in total. The molecule has 0 radical (unpaired) electrons. The Morgan fingerprint density at radius 2 is 0.947 bits per heavy atom. The van der Waals surface area contributed by atoms with Crippen molar-refractivity contribution in [1.29, 1.82) is 0 Å². The van der Waals surface area contributed by atoms with Gasteiger partial charge in [-0.1, -0.05) is 115 Å². The summed E-state index contributed by atoms with van der Waals surface area (Å²) in [6.45, 7) is 26.4. The molecule has 2 amide bonds. The third kappa shape index (κ3) is 29.2. The van der Waals surface area contributed by atoms with E-state index in [2.05, 4.69) is 112 Å². The minimum Gasteiger partial charge on any atom is -0.467 e. The van der Waals surface area contributed by atoms with Crippen molar-refractivity contribution in [1.82, 2.24) is 9.80 Å². The summed E-state index contributed by atoms with van der Waals surface area (Å²) in [6, 6.07) is 24.2. The van der Waals surface area contributed by atoms with Crippen LogP contribution in [0.15, 0.2) is 87.5 Å². The maximum atomic E-state index is 12.4. The first kappa shape index (κ1) is 67.6. The number of thioether (sulfide) groups is 1. The van der Waals surface area contributed by atoms with E-state index in [1.807, 2.05) is 27.7 Å². The van der Waals surface area contributed by atoms with Gasteiger partial charge in [0.25, 0.3) is 0 Å². The molecule has 0 bridgehead atoms. The van der Waals surface area contributed by atoms with Crippen molar-refractivity contribution in [3.05, 3.63) is 89.5 Å². The number of esters is 2. The van der Waals surface area contributed by atoms with E-state index in [-0.39, 0.29) is 18.2 Å². The van der Waals surface area contributed by atoms with Crippen LogP contribution in [0.5, 0.6) is 0 Å². The van der Waals surface area contributed by atoms with Gasteiger partial charge in [0.05, 0.1) is 26.9 Å². The number of amides is 2. The zero-order valence-corrected chi connectivity index (χ0v) is 51.3. The number of aliphatic hydroxyl groups excluding tert-OH is 1. The number of benzene rings is 3. The molecule has 0 spiro atoms. The second-order valence-corrected chi connectivity index (χ2v) is 27.4. The molecule has 3 aromatic carbocycles. The Balaban J connectivity index is 0.000000339. The summed E-state index contributed by atoms with van der Waals surface area (Å²) in [5.41, 5.74) is 2.59. The molecule has 3 heterocycles. The fraction of sp³-hybridized carbons (Fsp3) is 0.627. The minimum atomic E-state index is -0.759. The van der Waals surface area contributed by atoms with Crippen molar-refractivity contribution in [2.75, 3.05) is 59.0 Å². The van der Waals surface area contributed by atoms with E-state index in [1.54, 1.807) is 72.6 Å². The van der Waals surface area contributed by atoms with Gasteiger partial charge in [0.2, 0.25) is 0 Å². The molecular weight excluding hydrogens is 1020 g/mol. The van der Waals surface area contributed by atoms with E-state index in [0.717, 1.165) is 18.1 Å². The van der Waals surface area contributed by atoms with E-state index < -0.39 is 53.5 Å². The third-order valence-electron chi connectivity index (χ3n) is 11.7. The standard InChI is InChI=1S/C18H25NO4S.C14H14S2.C12H27P.C11H19NO5.C4H8O/c1-12-6-8-13(9-7-12)24-14-10-15(16(20)22-5)19(11-14)17(21)23-18(2,3)4;1-11-3-7-13(8-4-11)15-16-14-9-5-12(2)6-10-14;1-4-7-10-13(11-8-5-2)12-9-6-3;1-11(2,3)17-10(15)12-6-7(13)5-8(12)9(14)16-4;1-2-4-5-3-1/h6-9,14-15H,10-11H2,1-5H3;3-10H,1-2H3;4-12H2,1-3H3;7-8,13H,5-6H2,1-4H3;1-4H2/t14-,15+;;;7-,8-;/m1..0./s1. The molecule has 0 aliphatic carbocycles. The lowest BCUT2D eigenvalue weighted by molar-refractivity contribution is -0.146. The van der Waals surface area contributed by atoms with Gasteiger partial charge in [0.1, 0.15) is 23.3 Å². The van der Waals surface area contributed by atoms with Gasteiger partial charge in [-0.05, 0) is 156 Å². The van der Waals surface area contributed by atoms with Crippen LogP contribution in [0.3, 0.4) is 0 Å². The highest BCUT2D eigenvalue weighted by molar-refractivity contribution is 8.76. The number of methoxy groups -OCH3 is 2. The number of likely N-dealkylation sites (tertiary alicyclic amines) is 2. The number of aliphatic hydroxyl groups is 1. The molecule has 4 atom stereocenters. The molecule has 16 heteroatoms. The number of hydrogen-bond donors (Lipinski definition) is 1. The number of carbonyl (C=O) groups excluding carboxylic acids is 4. The Morgan fingerprint density at radius 1 is 0.587 bits per heavy atom. The first-order chi connectivity index (χ1) is 35.5. The highest BCUT2D eigenvalue weighted by atomic mass is 33.1. The number of aryl methyl sites for hydroxylation is 3. The summed E-state index contributed by atoms with van der Waals surface area (Å²) in [4.78, 5) is 54.2. The molecule has 75 heavy (non-hydrogen) atoms. The third-order valence-corrected chi connectivity index (χ3v) is 18.1. The van der Waals surface area contributed by atoms with Crippen LogP contribution < -0.4 is 0 Å². The maximum Gasteiger partial charge on any atom is 0.411 e. The van der Waals surface area contributed by atoms with E-state index in [0.29, 0.717) is 20.9 Å². The summed E-state index contributed by atoms with van der Waals surface area (Å²) < 4.78 is 25.0. The van der Waals surface area contributed by atoms with Crippen LogP contribution in [-0.4, -0.2) is 133 Å². The molecule has 0 saturated carbocycles. The second-order valence-electron chi connectivity index (χ2n) is 21.0. The van der Waals surface area contributed by atoms with E-state index in [4.69, 9.17) is 18.9 Å². The van der Waals surface area contributed by atoms with Gasteiger partial charge in [-0.15, -0.1) is 19.7 Å². The fourth-order valence-corrected chi connectivity index (χ4v) is 13.6. The largest absolute Gasteiger partial charge is 0.467 e. The SMILES string of the molecule is C1CCOC1.CCCCP(CCCC)CCCC.COC(=O)[C@@H]1C[C@@H](Sc2ccc(C)cc2)CN1C(=O)OC(C)(C)C.COC(=O)[C@@H]1C[C@H](O)CN1C(=O)OC(C)(C)C.Cc1ccc(SSc2ccc(C)cc2)cc1. The van der Waals surface area contributed by atoms with Gasteiger partial charge in [-0.25, -0.2) is 19.2 Å². The first-order valence-electron chi connectivity index (χ1n) is 26.9. The zero-order chi connectivity index (χ0) is 56.0. The van der Waals surface area contributed by atoms with Gasteiger partial charge in [0, 0.05) is 46.1 Å². The van der Waals surface area contributed by atoms with E-state index in [1.165, 1.54) is 102 Å². The fourth-order valence-electron chi connectivity index (χ4n) is 7.54. The number of carbonyl (C=O) groups is 4. The number of rotatable bonds is 16. The lowest BCUT2D eigenvalue weighted by Crippen LogP contribution is -2.43. The Morgan fingerprint density at radius 3 is 1.28 bits per heavy atom. The summed E-state index contributed by atoms with van der Waals surface area (Å²) >= 11 is 1.67. The van der Waals surface area contributed by atoms with Gasteiger partial charge >= 0.3 is 24.1 Å². The molecule has 3 aliphatic heterocycles. The predicted octanol–water partition coefficient (Wildman–Crippen LogP) is 14.9. The molecule has 0 unspecified atom stereocenters. The maximum absolute atomic E-state index is 12.4. The Labute approximate surface area is 465 Å². The lowest BCUT2D eigenvalue weighted by atomic mass is 10.2. The normalized spacial score (nSPS) is 18.0. The summed E-state index contributed by atoms with van der Waals surface area (Å²) in [5, 5.41) is 9.63. The average Bonchev–Trinajstić information content (AvgIpc) is 4.18. The van der Waals surface area contributed by atoms with Crippen LogP contribution in [0.2, 0.25) is 0 Å². The average molecular weight is 1120 g/mol. The van der Waals surface area contributed by atoms with Gasteiger partial charge < -0.3 is 28.8 Å². The smallest absolute Gasteiger partial charge is 0.411 e. The van der Waals surface area contributed by atoms with Crippen molar-refractivity contribution < 1.29 is 48.0 Å². The minimum absolute atomic E-state index is 0.0919. The molecule has 0 aromatic heterocycles. The summed E-state index contributed by atoms with van der Waals surface area (Å²) in [6.07, 6.45) is 14.7. The zero-order valence-electron chi connectivity index (χ0n) is 47.9. The van der Waals surface area contributed by atoms with Gasteiger partial charge in [0.15, 0.2) is 0 Å². The number of ether oxygens (including phenoxy) is 5. The number of hydrogen-bond acceptors (Lipinski definition) is 13.